The van der Waals surface area contributed by atoms with Crippen molar-refractivity contribution in [2.45, 2.75) is 19.0 Å². The topological polar surface area (TPSA) is 91.1 Å². The third-order valence-electron chi connectivity index (χ3n) is 2.85. The van der Waals surface area contributed by atoms with Crippen LogP contribution in [0.1, 0.15) is 12.2 Å². The van der Waals surface area contributed by atoms with E-state index in [-0.39, 0.29) is 30.5 Å². The van der Waals surface area contributed by atoms with Crippen molar-refractivity contribution in [3.05, 3.63) is 24.2 Å². The van der Waals surface area contributed by atoms with Crippen molar-refractivity contribution in [2.24, 2.45) is 4.99 Å². The number of aliphatic imine (C=N–C) groups is 1. The van der Waals surface area contributed by atoms with Crippen molar-refractivity contribution < 1.29 is 17.6 Å². The lowest BCUT2D eigenvalue weighted by Crippen LogP contribution is -2.39. The lowest BCUT2D eigenvalue weighted by molar-refractivity contribution is -0.132. The number of nitrogens with one attached hydrogen (secondary N) is 3. The molecule has 0 spiro atoms. The zero-order valence-electron chi connectivity index (χ0n) is 12.9. The van der Waals surface area contributed by atoms with E-state index in [1.807, 2.05) is 0 Å². The van der Waals surface area contributed by atoms with Crippen LogP contribution in [-0.4, -0.2) is 47.5 Å². The predicted octanol–water partition coefficient (Wildman–Crippen LogP) is 2.34. The molecule has 134 valence electrons. The normalized spacial score (nSPS) is 11.9. The summed E-state index contributed by atoms with van der Waals surface area (Å²) in [6, 6.07) is 3.49. The first-order valence-corrected chi connectivity index (χ1v) is 6.94. The van der Waals surface area contributed by atoms with Crippen molar-refractivity contribution in [2.75, 3.05) is 20.1 Å². The van der Waals surface area contributed by atoms with Gasteiger partial charge in [-0.15, -0.1) is 24.0 Å². The highest BCUT2D eigenvalue weighted by molar-refractivity contribution is 14.0. The molecule has 11 heteroatoms. The van der Waals surface area contributed by atoms with Crippen molar-refractivity contribution in [1.29, 1.82) is 0 Å². The molecule has 0 fully saturated rings. The van der Waals surface area contributed by atoms with E-state index < -0.39 is 12.6 Å². The number of hydrogen-bond donors (Lipinski definition) is 3. The SMILES string of the molecule is CN=C(NCCc1nc(-c2ccco2)n[nH]1)NCCC(F)(F)F.I. The summed E-state index contributed by atoms with van der Waals surface area (Å²) in [5.41, 5.74) is 0. The fraction of sp³-hybridized carbons (Fsp3) is 0.462. The van der Waals surface area contributed by atoms with Gasteiger partial charge in [0.25, 0.3) is 0 Å². The molecule has 0 unspecified atom stereocenters. The van der Waals surface area contributed by atoms with Crippen LogP contribution in [0.3, 0.4) is 0 Å². The van der Waals surface area contributed by atoms with Crippen molar-refractivity contribution in [1.82, 2.24) is 25.8 Å². The quantitative estimate of drug-likeness (QED) is 0.351. The van der Waals surface area contributed by atoms with Crippen LogP contribution in [0.15, 0.2) is 27.8 Å². The Hall–Kier alpha value is -1.79. The minimum Gasteiger partial charge on any atom is -0.461 e. The maximum absolute atomic E-state index is 12.1. The summed E-state index contributed by atoms with van der Waals surface area (Å²) in [7, 11) is 1.49. The zero-order chi connectivity index (χ0) is 16.7. The number of aromatic nitrogens is 3. The number of furan rings is 1. The first-order valence-electron chi connectivity index (χ1n) is 6.94. The third kappa shape index (κ3) is 6.76. The van der Waals surface area contributed by atoms with Crippen LogP contribution in [0.4, 0.5) is 13.2 Å². The van der Waals surface area contributed by atoms with Crippen LogP contribution in [0, 0.1) is 0 Å². The molecule has 7 nitrogen and oxygen atoms in total. The Labute approximate surface area is 153 Å². The maximum atomic E-state index is 12.1. The second-order valence-electron chi connectivity index (χ2n) is 4.62. The number of halogens is 4. The van der Waals surface area contributed by atoms with E-state index in [0.717, 1.165) is 0 Å². The lowest BCUT2D eigenvalue weighted by atomic mass is 10.4. The molecule has 3 N–H and O–H groups in total. The molecule has 0 saturated heterocycles. The molecule has 0 atom stereocenters. The molecule has 0 aliphatic carbocycles. The van der Waals surface area contributed by atoms with Gasteiger partial charge in [0, 0.05) is 26.6 Å². The van der Waals surface area contributed by atoms with Crippen LogP contribution in [-0.2, 0) is 6.42 Å². The average molecular weight is 458 g/mol. The summed E-state index contributed by atoms with van der Waals surface area (Å²) in [4.78, 5) is 8.11. The van der Waals surface area contributed by atoms with E-state index in [0.29, 0.717) is 36.3 Å². The Kier molecular flexibility index (Phi) is 8.01. The van der Waals surface area contributed by atoms with Gasteiger partial charge in [-0.3, -0.25) is 10.1 Å². The van der Waals surface area contributed by atoms with Gasteiger partial charge in [-0.1, -0.05) is 0 Å². The Morgan fingerprint density at radius 3 is 2.71 bits per heavy atom. The van der Waals surface area contributed by atoms with Gasteiger partial charge in [0.05, 0.1) is 12.7 Å². The molecule has 0 bridgehead atoms. The summed E-state index contributed by atoms with van der Waals surface area (Å²) in [5.74, 6) is 1.96. The molecule has 2 aromatic heterocycles. The Bertz CT molecular complexity index is 626. The van der Waals surface area contributed by atoms with E-state index in [1.54, 1.807) is 12.1 Å². The molecule has 2 heterocycles. The minimum atomic E-state index is -4.19. The van der Waals surface area contributed by atoms with Gasteiger partial charge < -0.3 is 15.1 Å². The van der Waals surface area contributed by atoms with E-state index in [1.165, 1.54) is 13.3 Å². The average Bonchev–Trinajstić information content (AvgIpc) is 3.15. The Morgan fingerprint density at radius 2 is 2.08 bits per heavy atom. The molecule has 0 aromatic carbocycles. The highest BCUT2D eigenvalue weighted by Gasteiger charge is 2.26. The summed E-state index contributed by atoms with van der Waals surface area (Å²) in [5, 5.41) is 12.3. The number of hydrogen-bond acceptors (Lipinski definition) is 4. The first kappa shape index (κ1) is 20.3. The molecule has 24 heavy (non-hydrogen) atoms. The minimum absolute atomic E-state index is 0. The van der Waals surface area contributed by atoms with Crippen LogP contribution < -0.4 is 10.6 Å². The second-order valence-corrected chi connectivity index (χ2v) is 4.62. The van der Waals surface area contributed by atoms with Crippen LogP contribution in [0.5, 0.6) is 0 Å². The molecule has 0 amide bonds. The van der Waals surface area contributed by atoms with Gasteiger partial charge in [-0.05, 0) is 12.1 Å². The van der Waals surface area contributed by atoms with Crippen LogP contribution in [0.2, 0.25) is 0 Å². The second kappa shape index (κ2) is 9.49. The van der Waals surface area contributed by atoms with Gasteiger partial charge in [-0.25, -0.2) is 4.98 Å². The summed E-state index contributed by atoms with van der Waals surface area (Å²) in [6.07, 6.45) is -3.06. The molecular weight excluding hydrogens is 440 g/mol. The van der Waals surface area contributed by atoms with Crippen molar-refractivity contribution in [3.8, 4) is 11.6 Å². The largest absolute Gasteiger partial charge is 0.461 e. The first-order chi connectivity index (χ1) is 11.0. The fourth-order valence-electron chi connectivity index (χ4n) is 1.77. The molecular formula is C13H18F3IN6O. The Balaban J connectivity index is 0.00000288. The summed E-state index contributed by atoms with van der Waals surface area (Å²) in [6.45, 7) is 0.215. The number of aromatic amines is 1. The van der Waals surface area contributed by atoms with Gasteiger partial charge in [0.1, 0.15) is 5.82 Å². The number of guanidine groups is 1. The smallest absolute Gasteiger partial charge is 0.390 e. The monoisotopic (exact) mass is 458 g/mol. The highest BCUT2D eigenvalue weighted by atomic mass is 127. The maximum Gasteiger partial charge on any atom is 0.390 e. The fourth-order valence-corrected chi connectivity index (χ4v) is 1.77. The van der Waals surface area contributed by atoms with Gasteiger partial charge in [0.15, 0.2) is 11.7 Å². The van der Waals surface area contributed by atoms with E-state index in [2.05, 4.69) is 30.8 Å². The number of rotatable bonds is 6. The van der Waals surface area contributed by atoms with E-state index in [9.17, 15) is 13.2 Å². The van der Waals surface area contributed by atoms with Gasteiger partial charge >= 0.3 is 6.18 Å². The number of H-pyrrole nitrogens is 1. The number of nitrogens with zero attached hydrogens (tertiary/aromatic N) is 3. The van der Waals surface area contributed by atoms with Crippen LogP contribution in [0.25, 0.3) is 11.6 Å². The van der Waals surface area contributed by atoms with Crippen molar-refractivity contribution >= 4 is 29.9 Å². The van der Waals surface area contributed by atoms with E-state index >= 15 is 0 Å². The lowest BCUT2D eigenvalue weighted by Gasteiger charge is -2.12. The van der Waals surface area contributed by atoms with E-state index in [4.69, 9.17) is 4.42 Å². The predicted molar refractivity (Wildman–Crippen MR) is 93.2 cm³/mol. The summed E-state index contributed by atoms with van der Waals surface area (Å²) < 4.78 is 41.4. The zero-order valence-corrected chi connectivity index (χ0v) is 15.2. The van der Waals surface area contributed by atoms with Crippen molar-refractivity contribution in [3.63, 3.8) is 0 Å². The Morgan fingerprint density at radius 1 is 1.33 bits per heavy atom. The molecule has 0 aliphatic rings. The molecule has 0 radical (unpaired) electrons. The molecule has 0 saturated carbocycles. The van der Waals surface area contributed by atoms with Gasteiger partial charge in [-0.2, -0.15) is 18.3 Å². The standard InChI is InChI=1S/C13H17F3N6O.HI/c1-17-12(19-7-5-13(14,15)16)18-6-4-10-20-11(22-21-10)9-3-2-8-23-9;/h2-3,8H,4-7H2,1H3,(H2,17,18,19)(H,20,21,22);1H. The highest BCUT2D eigenvalue weighted by Crippen LogP contribution is 2.18. The number of alkyl halides is 3. The summed E-state index contributed by atoms with van der Waals surface area (Å²) >= 11 is 0. The molecule has 2 aromatic rings. The van der Waals surface area contributed by atoms with Gasteiger partial charge in [0.2, 0.25) is 5.82 Å². The third-order valence-corrected chi connectivity index (χ3v) is 2.85. The molecule has 0 aliphatic heterocycles. The molecule has 2 rings (SSSR count). The van der Waals surface area contributed by atoms with Crippen LogP contribution >= 0.6 is 24.0 Å².